The highest BCUT2D eigenvalue weighted by molar-refractivity contribution is 7.86. The van der Waals surface area contributed by atoms with Crippen molar-refractivity contribution in [2.45, 2.75) is 5.03 Å². The molecule has 5 aromatic rings. The van der Waals surface area contributed by atoms with Crippen molar-refractivity contribution in [2.75, 3.05) is 4.72 Å². The minimum absolute atomic E-state index is 0.330. The molecule has 4 heterocycles. The van der Waals surface area contributed by atoms with E-state index in [1.165, 1.54) is 18.3 Å². The van der Waals surface area contributed by atoms with E-state index in [2.05, 4.69) is 19.8 Å². The van der Waals surface area contributed by atoms with Gasteiger partial charge in [-0.2, -0.15) is 5.10 Å². The van der Waals surface area contributed by atoms with Gasteiger partial charge in [-0.25, -0.2) is 13.6 Å². The Labute approximate surface area is 190 Å². The van der Waals surface area contributed by atoms with Crippen molar-refractivity contribution in [1.29, 1.82) is 5.41 Å². The van der Waals surface area contributed by atoms with Gasteiger partial charge in [-0.1, -0.05) is 12.1 Å². The first kappa shape index (κ1) is 20.7. The largest absolute Gasteiger partial charge is 0.306 e. The zero-order chi connectivity index (χ0) is 22.9. The molecule has 0 amide bonds. The summed E-state index contributed by atoms with van der Waals surface area (Å²) in [6, 6.07) is 11.7. The zero-order valence-corrected chi connectivity index (χ0v) is 18.3. The minimum atomic E-state index is -1.71. The molecule has 164 valence electrons. The van der Waals surface area contributed by atoms with Crippen LogP contribution in [-0.4, -0.2) is 34.6 Å². The average molecular weight is 460 g/mol. The number of imidazole rings is 1. The predicted molar refractivity (Wildman–Crippen MR) is 125 cm³/mol. The third-order valence-corrected chi connectivity index (χ3v) is 6.20. The van der Waals surface area contributed by atoms with Gasteiger partial charge in [0, 0.05) is 43.0 Å². The molecule has 0 aliphatic rings. The highest BCUT2D eigenvalue weighted by Gasteiger charge is 2.15. The van der Waals surface area contributed by atoms with Crippen LogP contribution in [0.2, 0.25) is 0 Å². The maximum atomic E-state index is 13.7. The maximum Gasteiger partial charge on any atom is 0.169 e. The molecule has 0 saturated carbocycles. The minimum Gasteiger partial charge on any atom is -0.306 e. The molecule has 1 atom stereocenters. The Hall–Kier alpha value is -4.18. The van der Waals surface area contributed by atoms with Gasteiger partial charge in [0.2, 0.25) is 0 Å². The van der Waals surface area contributed by atoms with Gasteiger partial charge < -0.3 is 5.41 Å². The fraction of sp³-hybridized carbons (Fsp3) is 0.0435. The second kappa shape index (κ2) is 8.40. The third kappa shape index (κ3) is 4.03. The second-order valence-corrected chi connectivity index (χ2v) is 8.49. The van der Waals surface area contributed by atoms with Crippen molar-refractivity contribution < 1.29 is 8.60 Å². The van der Waals surface area contributed by atoms with Gasteiger partial charge in [-0.15, -0.1) is 0 Å². The Morgan fingerprint density at radius 2 is 1.88 bits per heavy atom. The number of hydrogen-bond acceptors (Lipinski definition) is 5. The van der Waals surface area contributed by atoms with Gasteiger partial charge in [-0.05, 0) is 41.5 Å². The molecule has 5 rings (SSSR count). The highest BCUT2D eigenvalue weighted by Crippen LogP contribution is 2.26. The maximum absolute atomic E-state index is 13.7. The van der Waals surface area contributed by atoms with Crippen LogP contribution in [0.1, 0.15) is 5.69 Å². The number of aryl methyl sites for hydroxylation is 1. The summed E-state index contributed by atoms with van der Waals surface area (Å²) in [6.07, 6.45) is 9.60. The van der Waals surface area contributed by atoms with E-state index in [4.69, 9.17) is 5.41 Å². The van der Waals surface area contributed by atoms with Gasteiger partial charge in [0.1, 0.15) is 17.2 Å². The molecule has 0 aliphatic heterocycles. The van der Waals surface area contributed by atoms with Crippen molar-refractivity contribution in [3.05, 3.63) is 85.0 Å². The molecule has 33 heavy (non-hydrogen) atoms. The quantitative estimate of drug-likeness (QED) is 0.374. The fourth-order valence-electron chi connectivity index (χ4n) is 3.49. The van der Waals surface area contributed by atoms with Gasteiger partial charge in [0.15, 0.2) is 16.0 Å². The molecule has 0 aliphatic carbocycles. The lowest BCUT2D eigenvalue weighted by atomic mass is 10.1. The first-order valence-electron chi connectivity index (χ1n) is 9.93. The molecule has 0 radical (unpaired) electrons. The van der Waals surface area contributed by atoms with Crippen molar-refractivity contribution in [2.24, 2.45) is 7.05 Å². The van der Waals surface area contributed by atoms with Gasteiger partial charge in [0.05, 0.1) is 18.1 Å². The van der Waals surface area contributed by atoms with E-state index in [9.17, 15) is 8.60 Å². The lowest BCUT2D eigenvalue weighted by Gasteiger charge is -2.10. The number of anilines is 1. The van der Waals surface area contributed by atoms with Crippen molar-refractivity contribution in [1.82, 2.24) is 24.1 Å². The summed E-state index contributed by atoms with van der Waals surface area (Å²) in [5, 5.41) is 12.2. The van der Waals surface area contributed by atoms with E-state index < -0.39 is 11.0 Å². The van der Waals surface area contributed by atoms with Crippen molar-refractivity contribution in [3.8, 4) is 22.3 Å². The molecule has 0 spiro atoms. The fourth-order valence-corrected chi connectivity index (χ4v) is 4.43. The summed E-state index contributed by atoms with van der Waals surface area (Å²) in [6.45, 7) is 0. The van der Waals surface area contributed by atoms with E-state index in [1.54, 1.807) is 45.9 Å². The number of fused-ring (bicyclic) bond motifs is 1. The molecule has 10 heteroatoms. The number of nitrogens with zero attached hydrogens (tertiary/aromatic N) is 5. The number of aromatic nitrogens is 5. The topological polar surface area (TPSA) is 101 Å². The summed E-state index contributed by atoms with van der Waals surface area (Å²) in [5.41, 5.74) is 4.50. The molecular formula is C23H18FN7OS. The molecule has 2 N–H and O–H groups in total. The SMILES string of the molecule is Cn1cc(-c2cnc(C=N)c(NS(=O)c3cnc4ccc(-c5cccc(F)c5)cn34)c2)cn1. The summed E-state index contributed by atoms with van der Waals surface area (Å²) in [5.74, 6) is -0.330. The molecule has 1 aromatic carbocycles. The molecular weight excluding hydrogens is 441 g/mol. The van der Waals surface area contributed by atoms with Crippen LogP contribution in [-0.2, 0) is 18.0 Å². The van der Waals surface area contributed by atoms with Crippen LogP contribution in [0.15, 0.2) is 78.5 Å². The predicted octanol–water partition coefficient (Wildman–Crippen LogP) is 4.07. The lowest BCUT2D eigenvalue weighted by molar-refractivity contribution is 0.628. The van der Waals surface area contributed by atoms with Crippen LogP contribution in [0.3, 0.4) is 0 Å². The van der Waals surface area contributed by atoms with E-state index in [0.29, 0.717) is 27.6 Å². The Bertz CT molecular complexity index is 1520. The lowest BCUT2D eigenvalue weighted by Crippen LogP contribution is -2.10. The first-order valence-corrected chi connectivity index (χ1v) is 11.1. The number of rotatable bonds is 6. The van der Waals surface area contributed by atoms with Crippen LogP contribution in [0.25, 0.3) is 27.9 Å². The molecule has 0 saturated heterocycles. The van der Waals surface area contributed by atoms with Crippen LogP contribution < -0.4 is 4.72 Å². The van der Waals surface area contributed by atoms with E-state index in [-0.39, 0.29) is 5.82 Å². The molecule has 4 aromatic heterocycles. The monoisotopic (exact) mass is 459 g/mol. The summed E-state index contributed by atoms with van der Waals surface area (Å²) in [7, 11) is 0.113. The molecule has 0 bridgehead atoms. The normalized spacial score (nSPS) is 12.1. The first-order chi connectivity index (χ1) is 16.0. The number of nitrogens with one attached hydrogen (secondary N) is 2. The number of pyridine rings is 2. The zero-order valence-electron chi connectivity index (χ0n) is 17.4. The Balaban J connectivity index is 1.50. The van der Waals surface area contributed by atoms with Crippen LogP contribution in [0.5, 0.6) is 0 Å². The number of hydrogen-bond donors (Lipinski definition) is 2. The van der Waals surface area contributed by atoms with Crippen molar-refractivity contribution in [3.63, 3.8) is 0 Å². The molecule has 1 unspecified atom stereocenters. The Morgan fingerprint density at radius 1 is 1.00 bits per heavy atom. The number of benzene rings is 1. The molecule has 0 fully saturated rings. The van der Waals surface area contributed by atoms with Crippen molar-refractivity contribution >= 4 is 28.5 Å². The summed E-state index contributed by atoms with van der Waals surface area (Å²) < 4.78 is 33.3. The average Bonchev–Trinajstić information content (AvgIpc) is 3.45. The highest BCUT2D eigenvalue weighted by atomic mass is 32.2. The number of halogens is 1. The van der Waals surface area contributed by atoms with Gasteiger partial charge in [-0.3, -0.25) is 18.8 Å². The van der Waals surface area contributed by atoms with E-state index >= 15 is 0 Å². The smallest absolute Gasteiger partial charge is 0.169 e. The standard InChI is InChI=1S/C23H18FN7OS/c1-30-13-18(11-28-30)17-8-20(21(9-25)26-10-17)29-33(32)23-12-27-22-6-5-16(14-31(22)23)15-3-2-4-19(24)7-15/h2-14,25,29H,1H3. The Morgan fingerprint density at radius 3 is 2.64 bits per heavy atom. The van der Waals surface area contributed by atoms with E-state index in [0.717, 1.165) is 22.9 Å². The van der Waals surface area contributed by atoms with Crippen LogP contribution in [0, 0.1) is 11.2 Å². The van der Waals surface area contributed by atoms with Gasteiger partial charge in [0.25, 0.3) is 0 Å². The summed E-state index contributed by atoms with van der Waals surface area (Å²) in [4.78, 5) is 8.64. The Kier molecular flexibility index (Phi) is 5.27. The third-order valence-electron chi connectivity index (χ3n) is 5.12. The summed E-state index contributed by atoms with van der Waals surface area (Å²) >= 11 is 0. The van der Waals surface area contributed by atoms with E-state index in [1.807, 2.05) is 25.4 Å². The molecule has 8 nitrogen and oxygen atoms in total. The van der Waals surface area contributed by atoms with Crippen LogP contribution in [0.4, 0.5) is 10.1 Å². The van der Waals surface area contributed by atoms with Gasteiger partial charge >= 0.3 is 0 Å². The second-order valence-electron chi connectivity index (χ2n) is 7.33. The van der Waals surface area contributed by atoms with Crippen LogP contribution >= 0.6 is 0 Å².